The standard InChI is InChI=1S/C42H26N2S/c1-2-12-27(13-3-1)28-14-10-15-29(26-28)43-34-20-7-4-17-32(34)40-36(43)24-25-37-41(40)33-18-5-8-21-35(33)44(37)38-22-11-19-31-30-16-6-9-23-39(30)45-42(31)38/h1-26H. The number of hydrogen-bond donors (Lipinski definition) is 0. The first-order valence-electron chi connectivity index (χ1n) is 15.4. The molecular weight excluding hydrogens is 565 g/mol. The minimum Gasteiger partial charge on any atom is -0.309 e. The van der Waals surface area contributed by atoms with E-state index in [0.29, 0.717) is 0 Å². The van der Waals surface area contributed by atoms with E-state index in [2.05, 4.69) is 167 Å². The quantitative estimate of drug-likeness (QED) is 0.194. The highest BCUT2D eigenvalue weighted by atomic mass is 32.1. The first-order valence-corrected chi connectivity index (χ1v) is 16.2. The van der Waals surface area contributed by atoms with E-state index in [-0.39, 0.29) is 0 Å². The van der Waals surface area contributed by atoms with Crippen molar-refractivity contribution in [3.63, 3.8) is 0 Å². The Bertz CT molecular complexity index is 2760. The number of aromatic nitrogens is 2. The maximum absolute atomic E-state index is 2.49. The molecule has 0 aliphatic heterocycles. The Morgan fingerprint density at radius 2 is 0.956 bits per heavy atom. The van der Waals surface area contributed by atoms with E-state index >= 15 is 0 Å². The highest BCUT2D eigenvalue weighted by molar-refractivity contribution is 7.26. The Morgan fingerprint density at radius 3 is 1.73 bits per heavy atom. The van der Waals surface area contributed by atoms with Gasteiger partial charge < -0.3 is 9.13 Å². The normalized spacial score (nSPS) is 12.0. The fourth-order valence-electron chi connectivity index (χ4n) is 7.42. The lowest BCUT2D eigenvalue weighted by molar-refractivity contribution is 1.18. The van der Waals surface area contributed by atoms with Crippen molar-refractivity contribution in [2.45, 2.75) is 0 Å². The number of fused-ring (bicyclic) bond motifs is 10. The lowest BCUT2D eigenvalue weighted by Crippen LogP contribution is -1.95. The van der Waals surface area contributed by atoms with Crippen molar-refractivity contribution in [2.75, 3.05) is 0 Å². The van der Waals surface area contributed by atoms with Crippen LogP contribution in [0.5, 0.6) is 0 Å². The van der Waals surface area contributed by atoms with E-state index in [1.807, 2.05) is 11.3 Å². The van der Waals surface area contributed by atoms with E-state index in [1.165, 1.54) is 86.3 Å². The van der Waals surface area contributed by atoms with Gasteiger partial charge in [0, 0.05) is 42.7 Å². The lowest BCUT2D eigenvalue weighted by atomic mass is 10.0. The van der Waals surface area contributed by atoms with Gasteiger partial charge in [0.15, 0.2) is 0 Å². The molecule has 2 nitrogen and oxygen atoms in total. The third-order valence-electron chi connectivity index (χ3n) is 9.31. The van der Waals surface area contributed by atoms with Crippen LogP contribution in [0.1, 0.15) is 0 Å². The van der Waals surface area contributed by atoms with Crippen LogP contribution in [0.25, 0.3) is 86.3 Å². The van der Waals surface area contributed by atoms with Crippen molar-refractivity contribution in [3.8, 4) is 22.5 Å². The van der Waals surface area contributed by atoms with Crippen LogP contribution in [0.4, 0.5) is 0 Å². The van der Waals surface area contributed by atoms with E-state index < -0.39 is 0 Å². The van der Waals surface area contributed by atoms with Crippen molar-refractivity contribution < 1.29 is 0 Å². The highest BCUT2D eigenvalue weighted by Gasteiger charge is 2.21. The summed E-state index contributed by atoms with van der Waals surface area (Å²) in [5, 5.41) is 7.78. The van der Waals surface area contributed by atoms with Gasteiger partial charge in [-0.15, -0.1) is 11.3 Å². The van der Waals surface area contributed by atoms with Gasteiger partial charge in [-0.05, 0) is 59.7 Å². The Balaban J connectivity index is 1.32. The number of hydrogen-bond acceptors (Lipinski definition) is 1. The smallest absolute Gasteiger partial charge is 0.0640 e. The van der Waals surface area contributed by atoms with Gasteiger partial charge in [-0.2, -0.15) is 0 Å². The predicted molar refractivity (Wildman–Crippen MR) is 193 cm³/mol. The summed E-state index contributed by atoms with van der Waals surface area (Å²) in [6.45, 7) is 0. The second kappa shape index (κ2) is 9.43. The molecule has 45 heavy (non-hydrogen) atoms. The Labute approximate surface area is 263 Å². The molecule has 0 saturated heterocycles. The fourth-order valence-corrected chi connectivity index (χ4v) is 8.63. The van der Waals surface area contributed by atoms with Gasteiger partial charge in [-0.3, -0.25) is 0 Å². The van der Waals surface area contributed by atoms with Crippen molar-refractivity contribution in [2.24, 2.45) is 0 Å². The average Bonchev–Trinajstić information content (AvgIpc) is 3.76. The minimum absolute atomic E-state index is 1.17. The summed E-state index contributed by atoms with van der Waals surface area (Å²) in [5.41, 5.74) is 9.74. The second-order valence-corrected chi connectivity index (χ2v) is 12.8. The summed E-state index contributed by atoms with van der Waals surface area (Å²) in [6, 6.07) is 57.5. The van der Waals surface area contributed by atoms with Gasteiger partial charge in [-0.1, -0.05) is 109 Å². The van der Waals surface area contributed by atoms with E-state index in [0.717, 1.165) is 0 Å². The maximum Gasteiger partial charge on any atom is 0.0640 e. The van der Waals surface area contributed by atoms with Crippen LogP contribution in [0.3, 0.4) is 0 Å². The Morgan fingerprint density at radius 1 is 0.378 bits per heavy atom. The maximum atomic E-state index is 2.49. The predicted octanol–water partition coefficient (Wildman–Crippen LogP) is 11.9. The van der Waals surface area contributed by atoms with Crippen LogP contribution in [0.15, 0.2) is 158 Å². The summed E-state index contributed by atoms with van der Waals surface area (Å²) in [4.78, 5) is 0. The molecular formula is C42H26N2S. The fraction of sp³-hybridized carbons (Fsp3) is 0. The first kappa shape index (κ1) is 24.8. The number of thiophene rings is 1. The monoisotopic (exact) mass is 590 g/mol. The van der Waals surface area contributed by atoms with Gasteiger partial charge in [-0.25, -0.2) is 0 Å². The molecule has 0 spiro atoms. The molecule has 3 aromatic heterocycles. The number of para-hydroxylation sites is 2. The molecule has 3 heteroatoms. The second-order valence-electron chi connectivity index (χ2n) is 11.7. The summed E-state index contributed by atoms with van der Waals surface area (Å²) < 4.78 is 7.57. The topological polar surface area (TPSA) is 9.86 Å². The summed E-state index contributed by atoms with van der Waals surface area (Å²) in [5.74, 6) is 0. The van der Waals surface area contributed by atoms with Crippen molar-refractivity contribution >= 4 is 75.1 Å². The number of nitrogens with zero attached hydrogens (tertiary/aromatic N) is 2. The summed E-state index contributed by atoms with van der Waals surface area (Å²) >= 11 is 1.89. The molecule has 0 bridgehead atoms. The van der Waals surface area contributed by atoms with Crippen LogP contribution in [-0.2, 0) is 0 Å². The van der Waals surface area contributed by atoms with Gasteiger partial charge in [0.05, 0.1) is 32.5 Å². The van der Waals surface area contributed by atoms with Gasteiger partial charge >= 0.3 is 0 Å². The average molecular weight is 591 g/mol. The van der Waals surface area contributed by atoms with Crippen LogP contribution in [0, 0.1) is 0 Å². The van der Waals surface area contributed by atoms with Gasteiger partial charge in [0.2, 0.25) is 0 Å². The summed E-state index contributed by atoms with van der Waals surface area (Å²) in [6.07, 6.45) is 0. The lowest BCUT2D eigenvalue weighted by Gasteiger charge is -2.11. The van der Waals surface area contributed by atoms with Crippen LogP contribution in [0.2, 0.25) is 0 Å². The molecule has 0 aliphatic rings. The zero-order chi connectivity index (χ0) is 29.5. The molecule has 10 aromatic rings. The minimum atomic E-state index is 1.17. The molecule has 0 N–H and O–H groups in total. The molecule has 7 aromatic carbocycles. The molecule has 0 unspecified atom stereocenters. The molecule has 10 rings (SSSR count). The summed E-state index contributed by atoms with van der Waals surface area (Å²) in [7, 11) is 0. The Kier molecular flexibility index (Phi) is 5.19. The van der Waals surface area contributed by atoms with Crippen LogP contribution < -0.4 is 0 Å². The van der Waals surface area contributed by atoms with Gasteiger partial charge in [0.25, 0.3) is 0 Å². The van der Waals surface area contributed by atoms with E-state index in [1.54, 1.807) is 0 Å². The van der Waals surface area contributed by atoms with Crippen molar-refractivity contribution in [1.82, 2.24) is 9.13 Å². The molecule has 0 aliphatic carbocycles. The highest BCUT2D eigenvalue weighted by Crippen LogP contribution is 2.45. The largest absolute Gasteiger partial charge is 0.309 e. The van der Waals surface area contributed by atoms with E-state index in [4.69, 9.17) is 0 Å². The molecule has 0 atom stereocenters. The third kappa shape index (κ3) is 3.50. The first-order chi connectivity index (χ1) is 22.3. The molecule has 0 amide bonds. The molecule has 0 saturated carbocycles. The Hall–Kier alpha value is -5.64. The van der Waals surface area contributed by atoms with E-state index in [9.17, 15) is 0 Å². The molecule has 3 heterocycles. The van der Waals surface area contributed by atoms with Crippen LogP contribution >= 0.6 is 11.3 Å². The van der Waals surface area contributed by atoms with Crippen LogP contribution in [-0.4, -0.2) is 9.13 Å². The van der Waals surface area contributed by atoms with Crippen molar-refractivity contribution in [1.29, 1.82) is 0 Å². The van der Waals surface area contributed by atoms with Gasteiger partial charge in [0.1, 0.15) is 0 Å². The zero-order valence-electron chi connectivity index (χ0n) is 24.3. The molecule has 210 valence electrons. The van der Waals surface area contributed by atoms with Crippen molar-refractivity contribution in [3.05, 3.63) is 158 Å². The molecule has 0 radical (unpaired) electrons. The number of rotatable bonds is 3. The number of benzene rings is 7. The zero-order valence-corrected chi connectivity index (χ0v) is 25.1. The SMILES string of the molecule is c1ccc(-c2cccc(-n3c4ccccc4c4c5c6ccccc6n(-c6cccc7c6sc6ccccc67)c5ccc43)c2)cc1. The third-order valence-corrected chi connectivity index (χ3v) is 10.5. The molecule has 0 fully saturated rings.